The molecule has 0 bridgehead atoms. The minimum atomic E-state index is 0.0383. The molecule has 0 fully saturated rings. The molecule has 0 aromatic heterocycles. The van der Waals surface area contributed by atoms with E-state index < -0.39 is 0 Å². The minimum absolute atomic E-state index is 0.0383. The van der Waals surface area contributed by atoms with Crippen molar-refractivity contribution in [3.05, 3.63) is 41.5 Å². The molecule has 0 saturated heterocycles. The summed E-state index contributed by atoms with van der Waals surface area (Å²) in [5, 5.41) is 11.2. The van der Waals surface area contributed by atoms with E-state index in [2.05, 4.69) is 0 Å². The summed E-state index contributed by atoms with van der Waals surface area (Å²) in [7, 11) is 0. The Morgan fingerprint density at radius 1 is 1.21 bits per heavy atom. The molecule has 2 heteroatoms. The molecule has 0 spiro atoms. The van der Waals surface area contributed by atoms with Gasteiger partial charge in [-0.25, -0.2) is 0 Å². The van der Waals surface area contributed by atoms with Gasteiger partial charge in [0.2, 0.25) is 0 Å². The highest BCUT2D eigenvalue weighted by molar-refractivity contribution is 6.00. The molecule has 0 heterocycles. The van der Waals surface area contributed by atoms with Crippen molar-refractivity contribution in [2.75, 3.05) is 0 Å². The molecular weight excluding hydrogens is 176 g/mol. The van der Waals surface area contributed by atoms with E-state index in [1.54, 1.807) is 6.07 Å². The standard InChI is InChI=1S/C12H10O2/c1-8-2-4-10-9(6-8)3-5-12(14)11(10)7-13/h2-7,14H,1H3. The zero-order valence-electron chi connectivity index (χ0n) is 7.82. The van der Waals surface area contributed by atoms with E-state index in [1.807, 2.05) is 31.2 Å². The first-order valence-electron chi connectivity index (χ1n) is 4.40. The molecule has 2 aromatic rings. The van der Waals surface area contributed by atoms with Crippen LogP contribution in [0, 0.1) is 6.92 Å². The van der Waals surface area contributed by atoms with Gasteiger partial charge in [-0.3, -0.25) is 4.79 Å². The summed E-state index contributed by atoms with van der Waals surface area (Å²) in [6, 6.07) is 9.13. The van der Waals surface area contributed by atoms with Gasteiger partial charge in [0.05, 0.1) is 5.56 Å². The van der Waals surface area contributed by atoms with E-state index in [0.717, 1.165) is 16.3 Å². The van der Waals surface area contributed by atoms with Crippen LogP contribution in [-0.4, -0.2) is 11.4 Å². The summed E-state index contributed by atoms with van der Waals surface area (Å²) in [6.45, 7) is 1.99. The number of aryl methyl sites for hydroxylation is 1. The molecular formula is C12H10O2. The van der Waals surface area contributed by atoms with E-state index in [9.17, 15) is 9.90 Å². The summed E-state index contributed by atoms with van der Waals surface area (Å²) in [6.07, 6.45) is 0.687. The molecule has 70 valence electrons. The Hall–Kier alpha value is -1.83. The number of carbonyl (C=O) groups is 1. The molecule has 0 aliphatic heterocycles. The fourth-order valence-corrected chi connectivity index (χ4v) is 1.59. The van der Waals surface area contributed by atoms with Crippen LogP contribution in [0.1, 0.15) is 15.9 Å². The van der Waals surface area contributed by atoms with Crippen LogP contribution in [-0.2, 0) is 0 Å². The number of hydrogen-bond acceptors (Lipinski definition) is 2. The van der Waals surface area contributed by atoms with E-state index >= 15 is 0 Å². The van der Waals surface area contributed by atoms with Gasteiger partial charge in [-0.15, -0.1) is 0 Å². The van der Waals surface area contributed by atoms with Gasteiger partial charge in [-0.1, -0.05) is 29.8 Å². The topological polar surface area (TPSA) is 37.3 Å². The lowest BCUT2D eigenvalue weighted by atomic mass is 10.0. The maximum atomic E-state index is 10.8. The van der Waals surface area contributed by atoms with Crippen LogP contribution in [0.2, 0.25) is 0 Å². The Kier molecular flexibility index (Phi) is 1.97. The second-order valence-corrected chi connectivity index (χ2v) is 3.34. The Labute approximate surface area is 81.8 Å². The van der Waals surface area contributed by atoms with Crippen LogP contribution in [0.25, 0.3) is 10.8 Å². The van der Waals surface area contributed by atoms with Crippen LogP contribution in [0.5, 0.6) is 5.75 Å². The van der Waals surface area contributed by atoms with Crippen molar-refractivity contribution in [2.45, 2.75) is 6.92 Å². The highest BCUT2D eigenvalue weighted by Crippen LogP contribution is 2.26. The fraction of sp³-hybridized carbons (Fsp3) is 0.0833. The Morgan fingerprint density at radius 2 is 2.00 bits per heavy atom. The number of fused-ring (bicyclic) bond motifs is 1. The lowest BCUT2D eigenvalue weighted by Gasteiger charge is -2.03. The van der Waals surface area contributed by atoms with Crippen LogP contribution in [0.15, 0.2) is 30.3 Å². The number of benzene rings is 2. The largest absolute Gasteiger partial charge is 0.507 e. The average molecular weight is 186 g/mol. The van der Waals surface area contributed by atoms with Gasteiger partial charge in [0.1, 0.15) is 5.75 Å². The first-order valence-corrected chi connectivity index (χ1v) is 4.40. The highest BCUT2D eigenvalue weighted by Gasteiger charge is 2.05. The van der Waals surface area contributed by atoms with Crippen molar-refractivity contribution >= 4 is 17.1 Å². The number of rotatable bonds is 1. The third kappa shape index (κ3) is 1.25. The van der Waals surface area contributed by atoms with E-state index in [1.165, 1.54) is 0 Å². The Bertz CT molecular complexity index is 501. The van der Waals surface area contributed by atoms with Crippen molar-refractivity contribution in [2.24, 2.45) is 0 Å². The number of aromatic hydroxyl groups is 1. The summed E-state index contributed by atoms with van der Waals surface area (Å²) < 4.78 is 0. The summed E-state index contributed by atoms with van der Waals surface area (Å²) in [4.78, 5) is 10.8. The molecule has 0 aliphatic rings. The number of hydrogen-bond donors (Lipinski definition) is 1. The number of phenols is 1. The molecule has 0 radical (unpaired) electrons. The molecule has 0 aliphatic carbocycles. The van der Waals surface area contributed by atoms with E-state index in [-0.39, 0.29) is 5.75 Å². The highest BCUT2D eigenvalue weighted by atomic mass is 16.3. The predicted octanol–water partition coefficient (Wildman–Crippen LogP) is 2.67. The first kappa shape index (κ1) is 8.75. The molecule has 2 aromatic carbocycles. The molecule has 0 atom stereocenters. The van der Waals surface area contributed by atoms with Crippen molar-refractivity contribution in [1.29, 1.82) is 0 Å². The Morgan fingerprint density at radius 3 is 2.71 bits per heavy atom. The van der Waals surface area contributed by atoms with E-state index in [4.69, 9.17) is 0 Å². The monoisotopic (exact) mass is 186 g/mol. The van der Waals surface area contributed by atoms with Gasteiger partial charge in [0.25, 0.3) is 0 Å². The minimum Gasteiger partial charge on any atom is -0.507 e. The number of carbonyl (C=O) groups excluding carboxylic acids is 1. The van der Waals surface area contributed by atoms with Crippen LogP contribution in [0.3, 0.4) is 0 Å². The Balaban J connectivity index is 2.88. The van der Waals surface area contributed by atoms with Crippen molar-refractivity contribution in [1.82, 2.24) is 0 Å². The first-order chi connectivity index (χ1) is 6.72. The van der Waals surface area contributed by atoms with Gasteiger partial charge >= 0.3 is 0 Å². The summed E-state index contributed by atoms with van der Waals surface area (Å²) >= 11 is 0. The zero-order chi connectivity index (χ0) is 10.1. The maximum absolute atomic E-state index is 10.8. The number of phenolic OH excluding ortho intramolecular Hbond substituents is 1. The van der Waals surface area contributed by atoms with Crippen LogP contribution in [0.4, 0.5) is 0 Å². The zero-order valence-corrected chi connectivity index (χ0v) is 7.82. The van der Waals surface area contributed by atoms with Crippen molar-refractivity contribution in [3.63, 3.8) is 0 Å². The van der Waals surface area contributed by atoms with Gasteiger partial charge < -0.3 is 5.11 Å². The second kappa shape index (κ2) is 3.14. The van der Waals surface area contributed by atoms with Crippen LogP contribution < -0.4 is 0 Å². The maximum Gasteiger partial charge on any atom is 0.154 e. The lowest BCUT2D eigenvalue weighted by Crippen LogP contribution is -1.85. The quantitative estimate of drug-likeness (QED) is 0.695. The predicted molar refractivity (Wildman–Crippen MR) is 55.7 cm³/mol. The van der Waals surface area contributed by atoms with Gasteiger partial charge in [-0.05, 0) is 23.8 Å². The molecule has 2 nitrogen and oxygen atoms in total. The normalized spacial score (nSPS) is 10.4. The molecule has 0 amide bonds. The number of aldehydes is 1. The molecule has 14 heavy (non-hydrogen) atoms. The third-order valence-corrected chi connectivity index (χ3v) is 2.31. The van der Waals surface area contributed by atoms with Gasteiger partial charge in [0.15, 0.2) is 6.29 Å². The van der Waals surface area contributed by atoms with Crippen molar-refractivity contribution < 1.29 is 9.90 Å². The SMILES string of the molecule is Cc1ccc2c(C=O)c(O)ccc2c1. The molecule has 0 saturated carbocycles. The van der Waals surface area contributed by atoms with Crippen molar-refractivity contribution in [3.8, 4) is 5.75 Å². The average Bonchev–Trinajstić information content (AvgIpc) is 2.18. The second-order valence-electron chi connectivity index (χ2n) is 3.34. The van der Waals surface area contributed by atoms with Gasteiger partial charge in [0, 0.05) is 0 Å². The smallest absolute Gasteiger partial charge is 0.154 e. The third-order valence-electron chi connectivity index (χ3n) is 2.31. The van der Waals surface area contributed by atoms with Crippen LogP contribution >= 0.6 is 0 Å². The molecule has 2 rings (SSSR count). The molecule has 1 N–H and O–H groups in total. The summed E-state index contributed by atoms with van der Waals surface area (Å²) in [5.74, 6) is 0.0383. The summed E-state index contributed by atoms with van der Waals surface area (Å²) in [5.41, 5.74) is 1.50. The van der Waals surface area contributed by atoms with Gasteiger partial charge in [-0.2, -0.15) is 0 Å². The van der Waals surface area contributed by atoms with E-state index in [0.29, 0.717) is 11.8 Å². The fourth-order valence-electron chi connectivity index (χ4n) is 1.59. The lowest BCUT2D eigenvalue weighted by molar-refractivity contribution is 0.112. The molecule has 0 unspecified atom stereocenters.